The first-order valence-corrected chi connectivity index (χ1v) is 13.5. The van der Waals surface area contributed by atoms with E-state index in [9.17, 15) is 27.2 Å². The summed E-state index contributed by atoms with van der Waals surface area (Å²) >= 11 is 1.02. The van der Waals surface area contributed by atoms with Gasteiger partial charge in [0.15, 0.2) is 0 Å². The van der Waals surface area contributed by atoms with Gasteiger partial charge in [0.25, 0.3) is 5.56 Å². The summed E-state index contributed by atoms with van der Waals surface area (Å²) in [5.74, 6) is -2.27. The van der Waals surface area contributed by atoms with Crippen LogP contribution in [0.25, 0.3) is 10.9 Å². The number of rotatable bonds is 5. The lowest BCUT2D eigenvalue weighted by Crippen LogP contribution is -2.51. The number of H-pyrrole nitrogens is 1. The van der Waals surface area contributed by atoms with Crippen LogP contribution < -0.4 is 10.9 Å². The number of halogens is 4. The Morgan fingerprint density at radius 1 is 1.22 bits per heavy atom. The van der Waals surface area contributed by atoms with Gasteiger partial charge in [-0.1, -0.05) is 12.8 Å². The van der Waals surface area contributed by atoms with E-state index >= 15 is 0 Å². The van der Waals surface area contributed by atoms with Crippen LogP contribution in [0.4, 0.5) is 28.0 Å². The lowest BCUT2D eigenvalue weighted by atomic mass is 9.97. The van der Waals surface area contributed by atoms with Crippen molar-refractivity contribution in [1.82, 2.24) is 14.9 Å². The van der Waals surface area contributed by atoms with E-state index < -0.39 is 47.0 Å². The van der Waals surface area contributed by atoms with Crippen molar-refractivity contribution in [2.45, 2.75) is 81.7 Å². The predicted molar refractivity (Wildman–Crippen MR) is 135 cm³/mol. The second-order valence-corrected chi connectivity index (χ2v) is 11.9. The van der Waals surface area contributed by atoms with Crippen molar-refractivity contribution in [3.63, 3.8) is 0 Å². The van der Waals surface area contributed by atoms with Crippen LogP contribution in [0, 0.1) is 11.7 Å². The number of anilines is 1. The Kier molecular flexibility index (Phi) is 7.96. The van der Waals surface area contributed by atoms with Gasteiger partial charge in [0.05, 0.1) is 17.2 Å². The zero-order chi connectivity index (χ0) is 27.0. The lowest BCUT2D eigenvalue weighted by Gasteiger charge is -2.39. The fourth-order valence-electron chi connectivity index (χ4n) is 4.85. The highest BCUT2D eigenvalue weighted by atomic mass is 32.2. The van der Waals surface area contributed by atoms with Crippen molar-refractivity contribution in [2.24, 2.45) is 5.92 Å². The number of amides is 1. The van der Waals surface area contributed by atoms with E-state index in [0.29, 0.717) is 5.69 Å². The molecule has 1 saturated heterocycles. The topological polar surface area (TPSA) is 87.3 Å². The van der Waals surface area contributed by atoms with Gasteiger partial charge < -0.3 is 19.9 Å². The number of thioether (sulfide) groups is 1. The number of likely N-dealkylation sites (tertiary alicyclic amines) is 1. The molecule has 1 amide bonds. The van der Waals surface area contributed by atoms with Crippen molar-refractivity contribution < 1.29 is 27.1 Å². The third-order valence-corrected chi connectivity index (χ3v) is 8.02. The first kappa shape index (κ1) is 27.5. The predicted octanol–water partition coefficient (Wildman–Crippen LogP) is 5.84. The molecule has 2 fully saturated rings. The summed E-state index contributed by atoms with van der Waals surface area (Å²) in [7, 11) is 0. The van der Waals surface area contributed by atoms with Crippen molar-refractivity contribution in [1.29, 1.82) is 0 Å². The summed E-state index contributed by atoms with van der Waals surface area (Å²) in [6.07, 6.45) is -1.02. The average molecular weight is 545 g/mol. The summed E-state index contributed by atoms with van der Waals surface area (Å²) in [5, 5.41) is 2.26. The molecule has 7 nitrogen and oxygen atoms in total. The van der Waals surface area contributed by atoms with Crippen molar-refractivity contribution >= 4 is 34.4 Å². The molecule has 0 radical (unpaired) electrons. The number of aromatic amines is 1. The van der Waals surface area contributed by atoms with E-state index in [1.54, 1.807) is 26.8 Å². The van der Waals surface area contributed by atoms with Gasteiger partial charge in [-0.3, -0.25) is 4.79 Å². The Morgan fingerprint density at radius 3 is 2.57 bits per heavy atom. The van der Waals surface area contributed by atoms with Gasteiger partial charge in [0.1, 0.15) is 22.6 Å². The van der Waals surface area contributed by atoms with Crippen LogP contribution in [-0.2, 0) is 10.5 Å². The number of aromatic nitrogens is 2. The standard InChI is InChI=1S/C25H32F4N4O3S/c1-24(2,3)36-23(35)33-9-8-19(16(12-33)25(27,28)29)37-13-20-31-18-11-15(30-14-6-4-5-7-14)10-17(26)21(18)22(34)32-20/h10-11,14,16,19,30H,4-9,12-13H2,1-3H3,(H,31,32,34)/t16-,19-/m0/s1. The van der Waals surface area contributed by atoms with Gasteiger partial charge in [0, 0.05) is 30.1 Å². The molecule has 4 rings (SSSR count). The van der Waals surface area contributed by atoms with Gasteiger partial charge in [-0.05, 0) is 52.2 Å². The normalized spacial score (nSPS) is 21.4. The molecule has 1 aromatic heterocycles. The number of fused-ring (bicyclic) bond motifs is 1. The highest BCUT2D eigenvalue weighted by Gasteiger charge is 2.49. The van der Waals surface area contributed by atoms with Gasteiger partial charge in [-0.25, -0.2) is 14.2 Å². The molecule has 1 saturated carbocycles. The first-order chi connectivity index (χ1) is 17.3. The molecule has 1 aliphatic carbocycles. The molecule has 0 unspecified atom stereocenters. The molecule has 0 bridgehead atoms. The summed E-state index contributed by atoms with van der Waals surface area (Å²) in [4.78, 5) is 32.9. The van der Waals surface area contributed by atoms with E-state index in [4.69, 9.17) is 4.74 Å². The number of hydrogen-bond acceptors (Lipinski definition) is 6. The minimum atomic E-state index is -4.52. The Morgan fingerprint density at radius 2 is 1.92 bits per heavy atom. The number of carbonyl (C=O) groups excluding carboxylic acids is 1. The van der Waals surface area contributed by atoms with Crippen molar-refractivity contribution in [3.05, 3.63) is 34.1 Å². The zero-order valence-corrected chi connectivity index (χ0v) is 21.9. The van der Waals surface area contributed by atoms with Gasteiger partial charge in [-0.2, -0.15) is 13.2 Å². The van der Waals surface area contributed by atoms with Crippen LogP contribution in [0.2, 0.25) is 0 Å². The van der Waals surface area contributed by atoms with Crippen LogP contribution in [-0.4, -0.2) is 57.1 Å². The number of carbonyl (C=O) groups is 1. The maximum absolute atomic E-state index is 14.7. The third-order valence-electron chi connectivity index (χ3n) is 6.59. The summed E-state index contributed by atoms with van der Waals surface area (Å²) in [5.41, 5.74) is -0.791. The minimum absolute atomic E-state index is 0.0107. The fourth-order valence-corrected chi connectivity index (χ4v) is 6.11. The molecular formula is C25H32F4N4O3S. The Hall–Kier alpha value is -2.50. The molecule has 37 heavy (non-hydrogen) atoms. The van der Waals surface area contributed by atoms with Gasteiger partial charge >= 0.3 is 12.3 Å². The number of benzene rings is 1. The Labute approximate surface area is 216 Å². The van der Waals surface area contributed by atoms with Crippen molar-refractivity contribution in [2.75, 3.05) is 18.4 Å². The molecule has 1 aliphatic heterocycles. The minimum Gasteiger partial charge on any atom is -0.444 e. The first-order valence-electron chi connectivity index (χ1n) is 12.5. The highest BCUT2D eigenvalue weighted by Crippen LogP contribution is 2.40. The zero-order valence-electron chi connectivity index (χ0n) is 21.1. The SMILES string of the molecule is CC(C)(C)OC(=O)N1CC[C@H](SCc2nc3cc(NC4CCCC4)cc(F)c3c(=O)[nH]2)[C@@H](C(F)(F)F)C1. The largest absolute Gasteiger partial charge is 0.444 e. The summed E-state index contributed by atoms with van der Waals surface area (Å²) in [6.45, 7) is 4.60. The summed E-state index contributed by atoms with van der Waals surface area (Å²) in [6, 6.07) is 3.12. The smallest absolute Gasteiger partial charge is 0.410 e. The average Bonchev–Trinajstić information content (AvgIpc) is 3.28. The number of alkyl halides is 3. The molecule has 2 aliphatic rings. The van der Waals surface area contributed by atoms with E-state index in [0.717, 1.165) is 42.3 Å². The Balaban J connectivity index is 1.49. The van der Waals surface area contributed by atoms with Gasteiger partial charge in [0.2, 0.25) is 0 Å². The van der Waals surface area contributed by atoms with Crippen LogP contribution in [0.3, 0.4) is 0 Å². The molecule has 204 valence electrons. The molecule has 2 atom stereocenters. The molecule has 0 spiro atoms. The highest BCUT2D eigenvalue weighted by molar-refractivity contribution is 7.99. The van der Waals surface area contributed by atoms with E-state index in [1.807, 2.05) is 0 Å². The quantitative estimate of drug-likeness (QED) is 0.460. The lowest BCUT2D eigenvalue weighted by molar-refractivity contribution is -0.183. The fraction of sp³-hybridized carbons (Fsp3) is 0.640. The summed E-state index contributed by atoms with van der Waals surface area (Å²) < 4.78 is 61.7. The Bertz CT molecular complexity index is 1190. The van der Waals surface area contributed by atoms with Crippen LogP contribution in [0.15, 0.2) is 16.9 Å². The van der Waals surface area contributed by atoms with Crippen LogP contribution in [0.1, 0.15) is 58.7 Å². The monoisotopic (exact) mass is 544 g/mol. The molecular weight excluding hydrogens is 512 g/mol. The van der Waals surface area contributed by atoms with E-state index in [2.05, 4.69) is 15.3 Å². The maximum atomic E-state index is 14.7. The van der Waals surface area contributed by atoms with Crippen LogP contribution >= 0.6 is 11.8 Å². The number of ether oxygens (including phenoxy) is 1. The van der Waals surface area contributed by atoms with E-state index in [-0.39, 0.29) is 41.5 Å². The molecule has 2 heterocycles. The second kappa shape index (κ2) is 10.7. The number of hydrogen-bond donors (Lipinski definition) is 2. The number of nitrogens with one attached hydrogen (secondary N) is 2. The van der Waals surface area contributed by atoms with E-state index in [1.165, 1.54) is 6.07 Å². The molecule has 1 aromatic carbocycles. The van der Waals surface area contributed by atoms with Crippen LogP contribution in [0.5, 0.6) is 0 Å². The maximum Gasteiger partial charge on any atom is 0.410 e. The molecule has 2 aromatic rings. The van der Waals surface area contributed by atoms with Crippen molar-refractivity contribution in [3.8, 4) is 0 Å². The number of piperidine rings is 1. The molecule has 12 heteroatoms. The second-order valence-electron chi connectivity index (χ2n) is 10.7. The molecule has 2 N–H and O–H groups in total. The van der Waals surface area contributed by atoms with Gasteiger partial charge in [-0.15, -0.1) is 11.8 Å². The third kappa shape index (κ3) is 6.88. The number of nitrogens with zero attached hydrogens (tertiary/aromatic N) is 2.